The van der Waals surface area contributed by atoms with Crippen molar-refractivity contribution >= 4 is 17.5 Å². The maximum atomic E-state index is 11.2. The number of pyridine rings is 1. The maximum Gasteiger partial charge on any atom is 0.337 e. The van der Waals surface area contributed by atoms with Gasteiger partial charge in [-0.2, -0.15) is 5.10 Å². The summed E-state index contributed by atoms with van der Waals surface area (Å²) < 4.78 is 1.74. The molecular formula is C16H14N4O2. The van der Waals surface area contributed by atoms with Crippen LogP contribution in [0.1, 0.15) is 10.4 Å². The van der Waals surface area contributed by atoms with Crippen LogP contribution in [0, 0.1) is 0 Å². The molecule has 0 saturated heterocycles. The van der Waals surface area contributed by atoms with Crippen LogP contribution in [0.5, 0.6) is 0 Å². The van der Waals surface area contributed by atoms with Crippen LogP contribution < -0.4 is 5.32 Å². The lowest BCUT2D eigenvalue weighted by Crippen LogP contribution is -2.03. The fraction of sp³-hybridized carbons (Fsp3) is 0.0625. The van der Waals surface area contributed by atoms with Gasteiger partial charge in [-0.1, -0.05) is 30.3 Å². The molecule has 2 aromatic heterocycles. The Morgan fingerprint density at radius 3 is 2.73 bits per heavy atom. The summed E-state index contributed by atoms with van der Waals surface area (Å²) in [6.45, 7) is 0. The van der Waals surface area contributed by atoms with Crippen molar-refractivity contribution in [1.82, 2.24) is 14.8 Å². The van der Waals surface area contributed by atoms with Gasteiger partial charge in [0, 0.05) is 19.3 Å². The van der Waals surface area contributed by atoms with E-state index in [1.54, 1.807) is 4.68 Å². The van der Waals surface area contributed by atoms with Gasteiger partial charge in [0.15, 0.2) is 5.82 Å². The molecule has 0 fully saturated rings. The second-order valence-corrected chi connectivity index (χ2v) is 4.76. The number of nitrogens with zero attached hydrogens (tertiary/aromatic N) is 3. The van der Waals surface area contributed by atoms with E-state index in [1.165, 1.54) is 18.5 Å². The van der Waals surface area contributed by atoms with Gasteiger partial charge in [0.05, 0.1) is 23.1 Å². The number of anilines is 2. The lowest BCUT2D eigenvalue weighted by Gasteiger charge is -2.05. The minimum absolute atomic E-state index is 0.155. The first-order valence-electron chi connectivity index (χ1n) is 6.69. The summed E-state index contributed by atoms with van der Waals surface area (Å²) in [5.41, 5.74) is 2.54. The molecule has 0 saturated carbocycles. The van der Waals surface area contributed by atoms with Gasteiger partial charge in [0.1, 0.15) is 0 Å². The Morgan fingerprint density at radius 1 is 1.23 bits per heavy atom. The van der Waals surface area contributed by atoms with E-state index < -0.39 is 5.97 Å². The second-order valence-electron chi connectivity index (χ2n) is 4.76. The van der Waals surface area contributed by atoms with Crippen LogP contribution in [0.3, 0.4) is 0 Å². The molecule has 6 nitrogen and oxygen atoms in total. The number of hydrogen-bond donors (Lipinski definition) is 2. The first-order chi connectivity index (χ1) is 10.6. The maximum absolute atomic E-state index is 11.2. The van der Waals surface area contributed by atoms with E-state index in [2.05, 4.69) is 15.4 Å². The SMILES string of the molecule is Cn1nc(Nc2cnccc2C(=O)O)cc1-c1ccccc1. The molecular weight excluding hydrogens is 280 g/mol. The molecule has 0 bridgehead atoms. The highest BCUT2D eigenvalue weighted by Gasteiger charge is 2.12. The van der Waals surface area contributed by atoms with E-state index in [4.69, 9.17) is 0 Å². The molecule has 110 valence electrons. The van der Waals surface area contributed by atoms with E-state index in [9.17, 15) is 9.90 Å². The van der Waals surface area contributed by atoms with E-state index in [-0.39, 0.29) is 5.56 Å². The monoisotopic (exact) mass is 294 g/mol. The molecule has 2 N–H and O–H groups in total. The lowest BCUT2D eigenvalue weighted by atomic mass is 10.1. The molecule has 0 amide bonds. The van der Waals surface area contributed by atoms with E-state index in [0.29, 0.717) is 11.5 Å². The van der Waals surface area contributed by atoms with Crippen LogP contribution in [0.4, 0.5) is 11.5 Å². The Labute approximate surface area is 127 Å². The van der Waals surface area contributed by atoms with Gasteiger partial charge in [-0.3, -0.25) is 9.67 Å². The fourth-order valence-corrected chi connectivity index (χ4v) is 2.23. The quantitative estimate of drug-likeness (QED) is 0.773. The van der Waals surface area contributed by atoms with Gasteiger partial charge < -0.3 is 10.4 Å². The van der Waals surface area contributed by atoms with Crippen molar-refractivity contribution in [3.05, 3.63) is 60.4 Å². The lowest BCUT2D eigenvalue weighted by molar-refractivity contribution is 0.0698. The Balaban J connectivity index is 1.94. The van der Waals surface area contributed by atoms with E-state index >= 15 is 0 Å². The number of aromatic nitrogens is 3. The Kier molecular flexibility index (Phi) is 3.57. The molecule has 0 atom stereocenters. The first kappa shape index (κ1) is 13.8. The van der Waals surface area contributed by atoms with Crippen molar-refractivity contribution in [2.75, 3.05) is 5.32 Å². The zero-order valence-electron chi connectivity index (χ0n) is 11.9. The average molecular weight is 294 g/mol. The van der Waals surface area contributed by atoms with Crippen LogP contribution in [0.25, 0.3) is 11.3 Å². The summed E-state index contributed by atoms with van der Waals surface area (Å²) in [5.74, 6) is -0.444. The predicted octanol–water partition coefficient (Wildman–Crippen LogP) is 2.92. The second kappa shape index (κ2) is 5.69. The van der Waals surface area contributed by atoms with Crippen molar-refractivity contribution in [3.8, 4) is 11.3 Å². The van der Waals surface area contributed by atoms with Crippen molar-refractivity contribution < 1.29 is 9.90 Å². The molecule has 0 radical (unpaired) electrons. The molecule has 0 unspecified atom stereocenters. The summed E-state index contributed by atoms with van der Waals surface area (Å²) in [5, 5.41) is 16.6. The Bertz CT molecular complexity index is 812. The first-order valence-corrected chi connectivity index (χ1v) is 6.69. The van der Waals surface area contributed by atoms with Gasteiger partial charge in [0.25, 0.3) is 0 Å². The standard InChI is InChI=1S/C16H14N4O2/c1-20-14(11-5-3-2-4-6-11)9-15(19-20)18-13-10-17-8-7-12(13)16(21)22/h2-10H,1H3,(H,18,19)(H,21,22). The molecule has 0 aliphatic carbocycles. The number of aryl methyl sites for hydroxylation is 1. The van der Waals surface area contributed by atoms with Gasteiger partial charge in [0.2, 0.25) is 0 Å². The minimum atomic E-state index is -1.01. The molecule has 3 rings (SSSR count). The third kappa shape index (κ3) is 2.67. The van der Waals surface area contributed by atoms with Gasteiger partial charge in [-0.15, -0.1) is 0 Å². The number of benzene rings is 1. The van der Waals surface area contributed by atoms with Gasteiger partial charge >= 0.3 is 5.97 Å². The van der Waals surface area contributed by atoms with E-state index in [0.717, 1.165) is 11.3 Å². The summed E-state index contributed by atoms with van der Waals surface area (Å²) in [7, 11) is 1.84. The number of nitrogens with one attached hydrogen (secondary N) is 1. The molecule has 3 aromatic rings. The van der Waals surface area contributed by atoms with Crippen LogP contribution >= 0.6 is 0 Å². The average Bonchev–Trinajstić information content (AvgIpc) is 2.89. The van der Waals surface area contributed by atoms with E-state index in [1.807, 2.05) is 43.4 Å². The highest BCUT2D eigenvalue weighted by atomic mass is 16.4. The van der Waals surface area contributed by atoms with Crippen LogP contribution in [0.2, 0.25) is 0 Å². The summed E-state index contributed by atoms with van der Waals surface area (Å²) in [6.07, 6.45) is 2.92. The van der Waals surface area contributed by atoms with Gasteiger partial charge in [-0.25, -0.2) is 4.79 Å². The van der Waals surface area contributed by atoms with Crippen LogP contribution in [-0.2, 0) is 7.05 Å². The van der Waals surface area contributed by atoms with Crippen molar-refractivity contribution in [1.29, 1.82) is 0 Å². The summed E-state index contributed by atoms with van der Waals surface area (Å²) >= 11 is 0. The zero-order valence-corrected chi connectivity index (χ0v) is 11.9. The normalized spacial score (nSPS) is 10.4. The largest absolute Gasteiger partial charge is 0.478 e. The van der Waals surface area contributed by atoms with Crippen molar-refractivity contribution in [2.45, 2.75) is 0 Å². The highest BCUT2D eigenvalue weighted by Crippen LogP contribution is 2.24. The third-order valence-electron chi connectivity index (χ3n) is 3.26. The smallest absolute Gasteiger partial charge is 0.337 e. The number of hydrogen-bond acceptors (Lipinski definition) is 4. The molecule has 2 heterocycles. The van der Waals surface area contributed by atoms with Crippen molar-refractivity contribution in [3.63, 3.8) is 0 Å². The number of aromatic carboxylic acids is 1. The predicted molar refractivity (Wildman–Crippen MR) is 83.1 cm³/mol. The molecule has 0 aliphatic heterocycles. The van der Waals surface area contributed by atoms with Crippen LogP contribution in [0.15, 0.2) is 54.9 Å². The Hall–Kier alpha value is -3.15. The Morgan fingerprint density at radius 2 is 2.00 bits per heavy atom. The topological polar surface area (TPSA) is 80.0 Å². The fourth-order valence-electron chi connectivity index (χ4n) is 2.23. The number of carboxylic acid groups (broad SMARTS) is 1. The number of carboxylic acids is 1. The van der Waals surface area contributed by atoms with Crippen LogP contribution in [-0.4, -0.2) is 25.8 Å². The minimum Gasteiger partial charge on any atom is -0.478 e. The molecule has 0 spiro atoms. The molecule has 22 heavy (non-hydrogen) atoms. The molecule has 1 aromatic carbocycles. The number of carbonyl (C=O) groups is 1. The zero-order chi connectivity index (χ0) is 15.5. The van der Waals surface area contributed by atoms with Crippen molar-refractivity contribution in [2.24, 2.45) is 7.05 Å². The van der Waals surface area contributed by atoms with Gasteiger partial charge in [-0.05, 0) is 11.6 Å². The number of rotatable bonds is 4. The summed E-state index contributed by atoms with van der Waals surface area (Å²) in [4.78, 5) is 15.2. The molecule has 0 aliphatic rings. The molecule has 6 heteroatoms. The third-order valence-corrected chi connectivity index (χ3v) is 3.26. The highest BCUT2D eigenvalue weighted by molar-refractivity contribution is 5.94. The summed E-state index contributed by atoms with van der Waals surface area (Å²) in [6, 6.07) is 13.2.